The Morgan fingerprint density at radius 1 is 0.907 bits per heavy atom. The molecule has 0 saturated heterocycles. The highest BCUT2D eigenvalue weighted by molar-refractivity contribution is 6.01. The van der Waals surface area contributed by atoms with E-state index < -0.39 is 30.3 Å². The van der Waals surface area contributed by atoms with E-state index in [0.29, 0.717) is 22.7 Å². The highest BCUT2D eigenvalue weighted by Gasteiger charge is 2.42. The van der Waals surface area contributed by atoms with Crippen molar-refractivity contribution in [2.24, 2.45) is 0 Å². The number of halogens is 3. The summed E-state index contributed by atoms with van der Waals surface area (Å²) in [6, 6.07) is 20.5. The normalized spacial score (nSPS) is 12.5. The number of ether oxygens (including phenoxy) is 2. The number of hydrogen-bond donors (Lipinski definition) is 4. The van der Waals surface area contributed by atoms with Crippen molar-refractivity contribution >= 4 is 29.3 Å². The summed E-state index contributed by atoms with van der Waals surface area (Å²) in [6.45, 7) is -0.895. The Morgan fingerprint density at radius 3 is 2.21 bits per heavy atom. The smallest absolute Gasteiger partial charge is 0.490 e. The lowest BCUT2D eigenvalue weighted by molar-refractivity contribution is -0.205. The van der Waals surface area contributed by atoms with E-state index in [2.05, 4.69) is 20.7 Å². The van der Waals surface area contributed by atoms with Crippen LogP contribution in [0.1, 0.15) is 15.9 Å². The maximum atomic E-state index is 12.8. The van der Waals surface area contributed by atoms with E-state index in [1.165, 1.54) is 4.90 Å². The van der Waals surface area contributed by atoms with Crippen molar-refractivity contribution in [3.05, 3.63) is 90.0 Å². The number of benzene rings is 3. The van der Waals surface area contributed by atoms with Crippen LogP contribution in [0.15, 0.2) is 78.9 Å². The number of esters is 1. The Labute approximate surface area is 246 Å². The van der Waals surface area contributed by atoms with Crippen LogP contribution in [0.5, 0.6) is 5.75 Å². The first-order valence-electron chi connectivity index (χ1n) is 13.2. The second-order valence-electron chi connectivity index (χ2n) is 9.70. The minimum Gasteiger partial charge on any atom is -0.490 e. The summed E-state index contributed by atoms with van der Waals surface area (Å²) in [5.74, 6) is -2.14. The minimum atomic E-state index is -5.16. The number of aliphatic hydroxyl groups is 1. The van der Waals surface area contributed by atoms with Gasteiger partial charge in [0.15, 0.2) is 0 Å². The highest BCUT2D eigenvalue weighted by atomic mass is 19.4. The second kappa shape index (κ2) is 15.6. The first kappa shape index (κ1) is 32.9. The van der Waals surface area contributed by atoms with E-state index >= 15 is 0 Å². The van der Waals surface area contributed by atoms with Gasteiger partial charge in [0.2, 0.25) is 0 Å². The third-order valence-electron chi connectivity index (χ3n) is 6.01. The zero-order valence-corrected chi connectivity index (χ0v) is 23.6. The molecule has 43 heavy (non-hydrogen) atoms. The van der Waals surface area contributed by atoms with E-state index in [1.807, 2.05) is 0 Å². The fourth-order valence-corrected chi connectivity index (χ4v) is 3.85. The summed E-state index contributed by atoms with van der Waals surface area (Å²) in [6.07, 6.45) is -6.16. The molecule has 3 amide bonds. The number of nitrogens with zero attached hydrogens (tertiary/aromatic N) is 1. The number of nitrogens with one attached hydrogen (secondary N) is 3. The number of aliphatic hydroxyl groups excluding tert-OH is 1. The van der Waals surface area contributed by atoms with Crippen molar-refractivity contribution in [3.63, 3.8) is 0 Å². The van der Waals surface area contributed by atoms with Gasteiger partial charge in [-0.15, -0.1) is 0 Å². The molecule has 0 saturated carbocycles. The van der Waals surface area contributed by atoms with Crippen LogP contribution in [0.2, 0.25) is 0 Å². The number of amides is 3. The summed E-state index contributed by atoms with van der Waals surface area (Å²) in [5, 5.41) is 18.1. The van der Waals surface area contributed by atoms with Crippen molar-refractivity contribution in [1.82, 2.24) is 10.2 Å². The van der Waals surface area contributed by atoms with E-state index in [4.69, 9.17) is 4.74 Å². The van der Waals surface area contributed by atoms with Gasteiger partial charge in [-0.1, -0.05) is 36.4 Å². The van der Waals surface area contributed by atoms with E-state index in [1.54, 1.807) is 93.0 Å². The third kappa shape index (κ3) is 10.9. The minimum absolute atomic E-state index is 0.200. The average molecular weight is 603 g/mol. The van der Waals surface area contributed by atoms with E-state index in [0.717, 1.165) is 5.56 Å². The molecule has 0 radical (unpaired) electrons. The first-order chi connectivity index (χ1) is 20.4. The summed E-state index contributed by atoms with van der Waals surface area (Å²) in [7, 11) is 3.26. The van der Waals surface area contributed by atoms with E-state index in [-0.39, 0.29) is 32.1 Å². The summed E-state index contributed by atoms with van der Waals surface area (Å²) in [5.41, 5.74) is 2.10. The van der Waals surface area contributed by atoms with Crippen molar-refractivity contribution in [3.8, 4) is 5.75 Å². The molecule has 2 atom stereocenters. The van der Waals surface area contributed by atoms with Crippen LogP contribution in [0.3, 0.4) is 0 Å². The zero-order valence-electron chi connectivity index (χ0n) is 23.6. The maximum Gasteiger partial charge on any atom is 0.490 e. The largest absolute Gasteiger partial charge is 0.490 e. The van der Waals surface area contributed by atoms with Crippen molar-refractivity contribution < 1.29 is 42.1 Å². The molecule has 4 N–H and O–H groups in total. The molecule has 3 rings (SSSR count). The van der Waals surface area contributed by atoms with Crippen LogP contribution >= 0.6 is 0 Å². The number of carbonyl (C=O) groups excluding carboxylic acids is 3. The molecule has 0 bridgehead atoms. The monoisotopic (exact) mass is 602 g/mol. The molecule has 0 fully saturated rings. The molecule has 13 heteroatoms. The number of carbonyl (C=O) groups is 3. The number of urea groups is 1. The molecule has 0 aliphatic heterocycles. The zero-order chi connectivity index (χ0) is 31.4. The van der Waals surface area contributed by atoms with Crippen LogP contribution in [-0.4, -0.2) is 80.1 Å². The van der Waals surface area contributed by atoms with Gasteiger partial charge in [-0.05, 0) is 54.4 Å². The number of rotatable bonds is 13. The lowest BCUT2D eigenvalue weighted by Gasteiger charge is -2.23. The van der Waals surface area contributed by atoms with Gasteiger partial charge in [0.25, 0.3) is 5.91 Å². The van der Waals surface area contributed by atoms with Crippen LogP contribution in [0.4, 0.5) is 29.3 Å². The van der Waals surface area contributed by atoms with Crippen molar-refractivity contribution in [1.29, 1.82) is 0 Å². The molecule has 0 spiro atoms. The van der Waals surface area contributed by atoms with Crippen molar-refractivity contribution in [2.75, 3.05) is 44.5 Å². The van der Waals surface area contributed by atoms with Crippen LogP contribution < -0.4 is 20.7 Å². The lowest BCUT2D eigenvalue weighted by Crippen LogP contribution is -2.44. The van der Waals surface area contributed by atoms with E-state index in [9.17, 15) is 32.7 Å². The summed E-state index contributed by atoms with van der Waals surface area (Å²) < 4.78 is 48.5. The Morgan fingerprint density at radius 2 is 1.58 bits per heavy atom. The molecule has 0 aliphatic carbocycles. The molecular weight excluding hydrogens is 569 g/mol. The lowest BCUT2D eigenvalue weighted by atomic mass is 10.1. The molecule has 0 heterocycles. The third-order valence-corrected chi connectivity index (χ3v) is 6.01. The molecule has 0 aliphatic rings. The fraction of sp³-hybridized carbons (Fsp3) is 0.300. The molecule has 3 aromatic rings. The number of para-hydroxylation sites is 1. The second-order valence-corrected chi connectivity index (χ2v) is 9.70. The molecule has 0 unspecified atom stereocenters. The topological polar surface area (TPSA) is 129 Å². The van der Waals surface area contributed by atoms with Gasteiger partial charge in [-0.3, -0.25) is 4.79 Å². The maximum absolute atomic E-state index is 12.8. The van der Waals surface area contributed by atoms with Crippen LogP contribution in [-0.2, 0) is 16.0 Å². The number of hydrogen-bond acceptors (Lipinski definition) is 7. The molecule has 0 aromatic heterocycles. The molecule has 10 nitrogen and oxygen atoms in total. The Bertz CT molecular complexity index is 1350. The van der Waals surface area contributed by atoms with Gasteiger partial charge >= 0.3 is 18.2 Å². The Kier molecular flexibility index (Phi) is 11.9. The highest BCUT2D eigenvalue weighted by Crippen LogP contribution is 2.19. The Hall–Kier alpha value is -4.62. The van der Waals surface area contributed by atoms with Crippen molar-refractivity contribution in [2.45, 2.75) is 24.7 Å². The molecule has 230 valence electrons. The predicted octanol–water partition coefficient (Wildman–Crippen LogP) is 4.08. The Balaban J connectivity index is 1.54. The van der Waals surface area contributed by atoms with Gasteiger partial charge in [0, 0.05) is 43.6 Å². The van der Waals surface area contributed by atoms with Crippen LogP contribution in [0, 0.1) is 0 Å². The van der Waals surface area contributed by atoms with Crippen LogP contribution in [0.25, 0.3) is 0 Å². The quantitative estimate of drug-likeness (QED) is 0.217. The summed E-state index contributed by atoms with van der Waals surface area (Å²) in [4.78, 5) is 37.5. The molecular formula is C30H33F3N4O6. The standard InChI is InChI=1S/C30H33F3N4O6/c1-37(2)27(39)21-7-6-8-23(16-21)36-29(41)35-22-13-11-20(12-14-22)15-24(18-38)34-17-26(43-28(40)30(31,32)33)19-42-25-9-4-3-5-10-25/h3-14,16,24,26,34,38H,15,17-19H2,1-2H3,(H2,35,36,41)/t24-,26-/m0/s1. The van der Waals surface area contributed by atoms with Gasteiger partial charge in [0.05, 0.1) is 6.61 Å². The fourth-order valence-electron chi connectivity index (χ4n) is 3.85. The summed E-state index contributed by atoms with van der Waals surface area (Å²) >= 11 is 0. The predicted molar refractivity (Wildman–Crippen MR) is 154 cm³/mol. The number of alkyl halides is 3. The molecule has 3 aromatic carbocycles. The van der Waals surface area contributed by atoms with Gasteiger partial charge in [-0.25, -0.2) is 9.59 Å². The first-order valence-corrected chi connectivity index (χ1v) is 13.2. The van der Waals surface area contributed by atoms with Gasteiger partial charge in [-0.2, -0.15) is 13.2 Å². The SMILES string of the molecule is CN(C)C(=O)c1cccc(NC(=O)Nc2ccc(C[C@@H](CO)NC[C@@H](COc3ccccc3)OC(=O)C(F)(F)F)cc2)c1. The van der Waals surface area contributed by atoms with Gasteiger partial charge in [0.1, 0.15) is 18.5 Å². The number of anilines is 2. The van der Waals surface area contributed by atoms with Gasteiger partial charge < -0.3 is 35.4 Å². The average Bonchev–Trinajstić information content (AvgIpc) is 2.98.